The van der Waals surface area contributed by atoms with Crippen molar-refractivity contribution < 1.29 is 13.2 Å². The van der Waals surface area contributed by atoms with Crippen LogP contribution in [0.25, 0.3) is 0 Å². The molecule has 5 heteroatoms. The Kier molecular flexibility index (Phi) is 4.18. The second-order valence-corrected chi connectivity index (χ2v) is 7.50. The number of fused-ring (bicyclic) bond motifs is 1. The van der Waals surface area contributed by atoms with Crippen LogP contribution in [-0.2, 0) is 29.6 Å². The summed E-state index contributed by atoms with van der Waals surface area (Å²) in [4.78, 5) is 0. The summed E-state index contributed by atoms with van der Waals surface area (Å²) in [6, 6.07) is 15.9. The maximum absolute atomic E-state index is 11.7. The van der Waals surface area contributed by atoms with E-state index in [1.165, 1.54) is 10.6 Å². The first-order chi connectivity index (χ1) is 10.5. The lowest BCUT2D eigenvalue weighted by Gasteiger charge is -2.28. The van der Waals surface area contributed by atoms with E-state index in [9.17, 15) is 8.42 Å². The zero-order valence-corrected chi connectivity index (χ0v) is 13.3. The average Bonchev–Trinajstić information content (AvgIpc) is 2.52. The quantitative estimate of drug-likeness (QED) is 0.871. The zero-order chi connectivity index (χ0) is 15.6. The number of sulfonamides is 1. The number of nitrogens with zero attached hydrogens (tertiary/aromatic N) is 1. The van der Waals surface area contributed by atoms with Gasteiger partial charge in [0, 0.05) is 13.1 Å². The molecule has 0 saturated heterocycles. The van der Waals surface area contributed by atoms with Crippen LogP contribution in [0.15, 0.2) is 48.5 Å². The summed E-state index contributed by atoms with van der Waals surface area (Å²) >= 11 is 0. The summed E-state index contributed by atoms with van der Waals surface area (Å²) in [6.45, 7) is 1.46. The molecule has 2 aromatic rings. The molecule has 0 radical (unpaired) electrons. The lowest BCUT2D eigenvalue weighted by atomic mass is 10.00. The van der Waals surface area contributed by atoms with E-state index in [0.717, 1.165) is 22.4 Å². The summed E-state index contributed by atoms with van der Waals surface area (Å²) < 4.78 is 30.8. The Morgan fingerprint density at radius 1 is 1.09 bits per heavy atom. The van der Waals surface area contributed by atoms with E-state index in [1.807, 2.05) is 48.5 Å². The van der Waals surface area contributed by atoms with Gasteiger partial charge in [0.15, 0.2) is 0 Å². The van der Waals surface area contributed by atoms with Gasteiger partial charge >= 0.3 is 0 Å². The van der Waals surface area contributed by atoms with Crippen LogP contribution in [0.4, 0.5) is 0 Å². The van der Waals surface area contributed by atoms with Crippen molar-refractivity contribution in [3.63, 3.8) is 0 Å². The summed E-state index contributed by atoms with van der Waals surface area (Å²) in [5.74, 6) is 0.856. The Morgan fingerprint density at radius 2 is 1.86 bits per heavy atom. The average molecular weight is 317 g/mol. The number of benzene rings is 2. The maximum atomic E-state index is 11.7. The first kappa shape index (κ1) is 15.1. The highest BCUT2D eigenvalue weighted by molar-refractivity contribution is 7.88. The molecule has 0 unspecified atom stereocenters. The van der Waals surface area contributed by atoms with Crippen LogP contribution < -0.4 is 4.74 Å². The van der Waals surface area contributed by atoms with Crippen LogP contribution in [0.3, 0.4) is 0 Å². The van der Waals surface area contributed by atoms with Gasteiger partial charge in [-0.15, -0.1) is 0 Å². The van der Waals surface area contributed by atoms with Gasteiger partial charge in [-0.1, -0.05) is 42.5 Å². The van der Waals surface area contributed by atoms with Crippen molar-refractivity contribution in [1.29, 1.82) is 0 Å². The molecule has 0 atom stereocenters. The van der Waals surface area contributed by atoms with Gasteiger partial charge in [-0.05, 0) is 29.2 Å². The number of hydrogen-bond donors (Lipinski definition) is 0. The Labute approximate surface area is 131 Å². The minimum Gasteiger partial charge on any atom is -0.489 e. The smallest absolute Gasteiger partial charge is 0.211 e. The van der Waals surface area contributed by atoms with Gasteiger partial charge in [0.05, 0.1) is 6.26 Å². The molecule has 0 aliphatic carbocycles. The van der Waals surface area contributed by atoms with Crippen molar-refractivity contribution in [2.75, 3.05) is 12.8 Å². The monoisotopic (exact) mass is 317 g/mol. The van der Waals surface area contributed by atoms with Crippen molar-refractivity contribution >= 4 is 10.0 Å². The lowest BCUT2D eigenvalue weighted by Crippen LogP contribution is -2.35. The van der Waals surface area contributed by atoms with Gasteiger partial charge in [0.25, 0.3) is 0 Å². The van der Waals surface area contributed by atoms with E-state index in [0.29, 0.717) is 26.1 Å². The molecule has 3 rings (SSSR count). The van der Waals surface area contributed by atoms with Crippen molar-refractivity contribution in [1.82, 2.24) is 4.31 Å². The van der Waals surface area contributed by atoms with Gasteiger partial charge in [-0.3, -0.25) is 0 Å². The van der Waals surface area contributed by atoms with Crippen molar-refractivity contribution in [3.8, 4) is 5.75 Å². The highest BCUT2D eigenvalue weighted by Gasteiger charge is 2.24. The van der Waals surface area contributed by atoms with Gasteiger partial charge in [0.1, 0.15) is 12.4 Å². The van der Waals surface area contributed by atoms with Crippen LogP contribution in [0, 0.1) is 0 Å². The Hall–Kier alpha value is -1.85. The van der Waals surface area contributed by atoms with Crippen molar-refractivity contribution in [3.05, 3.63) is 65.2 Å². The summed E-state index contributed by atoms with van der Waals surface area (Å²) in [5, 5.41) is 0. The topological polar surface area (TPSA) is 46.6 Å². The van der Waals surface area contributed by atoms with E-state index < -0.39 is 10.0 Å². The molecule has 22 heavy (non-hydrogen) atoms. The minimum atomic E-state index is -3.14. The summed E-state index contributed by atoms with van der Waals surface area (Å²) in [7, 11) is -3.14. The van der Waals surface area contributed by atoms with Crippen molar-refractivity contribution in [2.45, 2.75) is 19.6 Å². The molecule has 2 aromatic carbocycles. The molecule has 0 bridgehead atoms. The Bertz CT molecular complexity index is 757. The summed E-state index contributed by atoms with van der Waals surface area (Å²) in [5.41, 5.74) is 3.27. The molecule has 0 saturated carbocycles. The van der Waals surface area contributed by atoms with E-state index >= 15 is 0 Å². The van der Waals surface area contributed by atoms with Crippen LogP contribution >= 0.6 is 0 Å². The van der Waals surface area contributed by atoms with E-state index in [1.54, 1.807) is 0 Å². The number of hydrogen-bond acceptors (Lipinski definition) is 3. The largest absolute Gasteiger partial charge is 0.489 e. The van der Waals surface area contributed by atoms with Crippen LogP contribution in [0.2, 0.25) is 0 Å². The number of ether oxygens (including phenoxy) is 1. The molecule has 1 aliphatic rings. The van der Waals surface area contributed by atoms with E-state index in [2.05, 4.69) is 0 Å². The first-order valence-corrected chi connectivity index (χ1v) is 9.11. The molecule has 0 N–H and O–H groups in total. The lowest BCUT2D eigenvalue weighted by molar-refractivity contribution is 0.297. The molecule has 4 nitrogen and oxygen atoms in total. The highest BCUT2D eigenvalue weighted by atomic mass is 32.2. The highest BCUT2D eigenvalue weighted by Crippen LogP contribution is 2.29. The van der Waals surface area contributed by atoms with Gasteiger partial charge in [-0.2, -0.15) is 4.31 Å². The Morgan fingerprint density at radius 3 is 2.59 bits per heavy atom. The first-order valence-electron chi connectivity index (χ1n) is 7.26. The van der Waals surface area contributed by atoms with E-state index in [-0.39, 0.29) is 0 Å². The number of rotatable bonds is 4. The molecule has 1 heterocycles. The fourth-order valence-corrected chi connectivity index (χ4v) is 3.50. The van der Waals surface area contributed by atoms with Gasteiger partial charge in [0.2, 0.25) is 10.0 Å². The molecule has 0 amide bonds. The van der Waals surface area contributed by atoms with Gasteiger partial charge in [-0.25, -0.2) is 8.42 Å². The third-order valence-corrected chi connectivity index (χ3v) is 5.14. The van der Waals surface area contributed by atoms with Crippen LogP contribution in [-0.4, -0.2) is 25.5 Å². The fourth-order valence-electron chi connectivity index (χ4n) is 2.70. The fraction of sp³-hybridized carbons (Fsp3) is 0.294. The van der Waals surface area contributed by atoms with Crippen molar-refractivity contribution in [2.24, 2.45) is 0 Å². The minimum absolute atomic E-state index is 0.427. The molecular weight excluding hydrogens is 298 g/mol. The third kappa shape index (κ3) is 3.31. The SMILES string of the molecule is CS(=O)(=O)N1CCc2c(cccc2OCc2ccccc2)C1. The Balaban J connectivity index is 1.78. The second-order valence-electron chi connectivity index (χ2n) is 5.51. The summed E-state index contributed by atoms with van der Waals surface area (Å²) in [6.07, 6.45) is 1.95. The van der Waals surface area contributed by atoms with Crippen LogP contribution in [0.1, 0.15) is 16.7 Å². The standard InChI is InChI=1S/C17H19NO3S/c1-22(19,20)18-11-10-16-15(12-18)8-5-9-17(16)21-13-14-6-3-2-4-7-14/h2-9H,10-13H2,1H3. The second kappa shape index (κ2) is 6.10. The molecule has 116 valence electrons. The molecule has 1 aliphatic heterocycles. The molecular formula is C17H19NO3S. The van der Waals surface area contributed by atoms with Gasteiger partial charge < -0.3 is 4.74 Å². The zero-order valence-electron chi connectivity index (χ0n) is 12.5. The molecule has 0 spiro atoms. The third-order valence-electron chi connectivity index (χ3n) is 3.89. The maximum Gasteiger partial charge on any atom is 0.211 e. The van der Waals surface area contributed by atoms with Crippen LogP contribution in [0.5, 0.6) is 5.75 Å². The molecule has 0 fully saturated rings. The molecule has 0 aromatic heterocycles. The normalized spacial score (nSPS) is 15.3. The predicted molar refractivity (Wildman–Crippen MR) is 86.2 cm³/mol. The van der Waals surface area contributed by atoms with E-state index in [4.69, 9.17) is 4.74 Å². The predicted octanol–water partition coefficient (Wildman–Crippen LogP) is 2.58.